The molecule has 0 spiro atoms. The van der Waals surface area contributed by atoms with E-state index in [1.54, 1.807) is 7.11 Å². The molecule has 21 heavy (non-hydrogen) atoms. The van der Waals surface area contributed by atoms with Crippen molar-refractivity contribution in [1.29, 1.82) is 0 Å². The summed E-state index contributed by atoms with van der Waals surface area (Å²) in [5, 5.41) is 0. The number of carbonyl (C=O) groups is 1. The third kappa shape index (κ3) is 2.07. The highest BCUT2D eigenvalue weighted by atomic mass is 32.2. The average molecular weight is 306 g/mol. The lowest BCUT2D eigenvalue weighted by molar-refractivity contribution is -0.196. The molecule has 0 saturated heterocycles. The first-order chi connectivity index (χ1) is 9.86. The fourth-order valence-electron chi connectivity index (χ4n) is 3.83. The molecule has 0 heterocycles. The monoisotopic (exact) mass is 306 g/mol. The second kappa shape index (κ2) is 4.67. The van der Waals surface area contributed by atoms with Crippen molar-refractivity contribution in [2.45, 2.75) is 42.8 Å². The van der Waals surface area contributed by atoms with Crippen LogP contribution in [0.3, 0.4) is 0 Å². The number of rotatable bonds is 5. The Morgan fingerprint density at radius 3 is 2.19 bits per heavy atom. The highest BCUT2D eigenvalue weighted by molar-refractivity contribution is 8.00. The Hall–Kier alpha value is -1.16. The van der Waals surface area contributed by atoms with Gasteiger partial charge in [0.25, 0.3) is 0 Å². The summed E-state index contributed by atoms with van der Waals surface area (Å²) in [6.07, 6.45) is 3.33. The summed E-state index contributed by atoms with van der Waals surface area (Å²) in [5.41, 5.74) is -0.219. The quantitative estimate of drug-likeness (QED) is 0.773. The molecule has 3 aliphatic carbocycles. The van der Waals surface area contributed by atoms with Crippen LogP contribution in [0.15, 0.2) is 29.2 Å². The number of ether oxygens (including phenoxy) is 2. The molecule has 3 aliphatic rings. The van der Waals surface area contributed by atoms with E-state index in [0.29, 0.717) is 4.75 Å². The van der Waals surface area contributed by atoms with Crippen molar-refractivity contribution < 1.29 is 14.3 Å². The molecule has 4 rings (SSSR count). The molecular weight excluding hydrogens is 284 g/mol. The number of hydrogen-bond acceptors (Lipinski definition) is 4. The van der Waals surface area contributed by atoms with Crippen LogP contribution in [-0.2, 0) is 9.53 Å². The molecule has 0 unspecified atom stereocenters. The van der Waals surface area contributed by atoms with Gasteiger partial charge in [0.05, 0.1) is 19.6 Å². The molecule has 0 N–H and O–H groups in total. The van der Waals surface area contributed by atoms with E-state index in [1.807, 2.05) is 37.7 Å². The normalized spacial score (nSPS) is 30.1. The minimum atomic E-state index is -0.371. The number of thioether (sulfide) groups is 1. The summed E-state index contributed by atoms with van der Waals surface area (Å²) in [4.78, 5) is 13.3. The van der Waals surface area contributed by atoms with Gasteiger partial charge in [-0.1, -0.05) is 0 Å². The number of carbonyl (C=O) groups excluding carboxylic acids is 1. The van der Waals surface area contributed by atoms with Gasteiger partial charge in [0, 0.05) is 9.64 Å². The Kier molecular flexibility index (Phi) is 3.28. The Balaban J connectivity index is 1.64. The van der Waals surface area contributed by atoms with Crippen LogP contribution >= 0.6 is 11.8 Å². The van der Waals surface area contributed by atoms with E-state index in [0.717, 1.165) is 25.0 Å². The maximum absolute atomic E-state index is 12.0. The average Bonchev–Trinajstić information content (AvgIpc) is 2.40. The van der Waals surface area contributed by atoms with E-state index in [9.17, 15) is 4.79 Å². The van der Waals surface area contributed by atoms with E-state index < -0.39 is 0 Å². The van der Waals surface area contributed by atoms with Gasteiger partial charge in [0.2, 0.25) is 0 Å². The first-order valence-electron chi connectivity index (χ1n) is 7.28. The Bertz CT molecular complexity index is 542. The molecule has 0 amide bonds. The molecule has 3 nitrogen and oxygen atoms in total. The summed E-state index contributed by atoms with van der Waals surface area (Å²) in [6.45, 7) is 4.06. The van der Waals surface area contributed by atoms with Crippen molar-refractivity contribution in [2.75, 3.05) is 14.2 Å². The fourth-order valence-corrected chi connectivity index (χ4v) is 5.65. The number of benzene rings is 1. The molecule has 114 valence electrons. The lowest BCUT2D eigenvalue weighted by Gasteiger charge is -2.74. The minimum Gasteiger partial charge on any atom is -0.497 e. The lowest BCUT2D eigenvalue weighted by Crippen LogP contribution is -2.71. The molecular formula is C17H22O3S. The highest BCUT2D eigenvalue weighted by Gasteiger charge is 2.74. The maximum Gasteiger partial charge on any atom is 0.311 e. The smallest absolute Gasteiger partial charge is 0.311 e. The van der Waals surface area contributed by atoms with Crippen molar-refractivity contribution in [3.05, 3.63) is 24.3 Å². The number of esters is 1. The predicted octanol–water partition coefficient (Wildman–Crippen LogP) is 3.91. The highest BCUT2D eigenvalue weighted by Crippen LogP contribution is 2.79. The van der Waals surface area contributed by atoms with Crippen LogP contribution in [0.25, 0.3) is 0 Å². The van der Waals surface area contributed by atoms with Gasteiger partial charge in [0.1, 0.15) is 5.75 Å². The number of methoxy groups -OCH3 is 2. The minimum absolute atomic E-state index is 0.0785. The molecule has 1 aromatic rings. The molecule has 0 aromatic heterocycles. The zero-order valence-corrected chi connectivity index (χ0v) is 13.9. The molecule has 0 atom stereocenters. The summed E-state index contributed by atoms with van der Waals surface area (Å²) in [7, 11) is 3.17. The zero-order valence-electron chi connectivity index (χ0n) is 13.1. The van der Waals surface area contributed by atoms with E-state index in [-0.39, 0.29) is 16.8 Å². The van der Waals surface area contributed by atoms with Crippen molar-refractivity contribution in [3.8, 4) is 5.75 Å². The molecule has 4 heteroatoms. The van der Waals surface area contributed by atoms with Crippen LogP contribution in [0.1, 0.15) is 33.1 Å². The molecule has 2 bridgehead atoms. The predicted molar refractivity (Wildman–Crippen MR) is 83.7 cm³/mol. The maximum atomic E-state index is 12.0. The van der Waals surface area contributed by atoms with Crippen LogP contribution in [-0.4, -0.2) is 24.9 Å². The molecule has 1 aromatic carbocycles. The van der Waals surface area contributed by atoms with Crippen LogP contribution in [0.4, 0.5) is 0 Å². The molecule has 0 aliphatic heterocycles. The largest absolute Gasteiger partial charge is 0.497 e. The summed E-state index contributed by atoms with van der Waals surface area (Å²) >= 11 is 1.94. The van der Waals surface area contributed by atoms with Crippen molar-refractivity contribution in [2.24, 2.45) is 10.8 Å². The molecule has 3 fully saturated rings. The third-order valence-electron chi connectivity index (χ3n) is 5.40. The van der Waals surface area contributed by atoms with Crippen LogP contribution in [0, 0.1) is 10.8 Å². The summed E-state index contributed by atoms with van der Waals surface area (Å²) in [5.74, 6) is 0.811. The van der Waals surface area contributed by atoms with Gasteiger partial charge in [-0.15, -0.1) is 11.8 Å². The van der Waals surface area contributed by atoms with Crippen LogP contribution in [0.2, 0.25) is 0 Å². The SMILES string of the molecule is COC(=O)C(C)(C)C12CC(Sc3ccc(OC)cc3)(C1)C2. The summed E-state index contributed by atoms with van der Waals surface area (Å²) < 4.78 is 10.5. The Labute approximate surface area is 130 Å². The zero-order chi connectivity index (χ0) is 15.3. The second-order valence-electron chi connectivity index (χ2n) is 6.89. The first-order valence-corrected chi connectivity index (χ1v) is 8.10. The lowest BCUT2D eigenvalue weighted by atomic mass is 9.36. The third-order valence-corrected chi connectivity index (χ3v) is 6.77. The topological polar surface area (TPSA) is 35.5 Å². The van der Waals surface area contributed by atoms with E-state index >= 15 is 0 Å². The van der Waals surface area contributed by atoms with Crippen molar-refractivity contribution in [3.63, 3.8) is 0 Å². The number of hydrogen-bond donors (Lipinski definition) is 0. The van der Waals surface area contributed by atoms with Gasteiger partial charge < -0.3 is 9.47 Å². The van der Waals surface area contributed by atoms with E-state index in [4.69, 9.17) is 9.47 Å². The van der Waals surface area contributed by atoms with Gasteiger partial charge in [-0.3, -0.25) is 4.79 Å². The van der Waals surface area contributed by atoms with Gasteiger partial charge in [-0.05, 0) is 62.8 Å². The summed E-state index contributed by atoms with van der Waals surface area (Å²) in [6, 6.07) is 8.23. The first kappa shape index (κ1) is 14.8. The Morgan fingerprint density at radius 1 is 1.14 bits per heavy atom. The van der Waals surface area contributed by atoms with Gasteiger partial charge in [-0.25, -0.2) is 0 Å². The van der Waals surface area contributed by atoms with Gasteiger partial charge in [0.15, 0.2) is 0 Å². The van der Waals surface area contributed by atoms with Gasteiger partial charge >= 0.3 is 5.97 Å². The van der Waals surface area contributed by atoms with Crippen molar-refractivity contribution in [1.82, 2.24) is 0 Å². The van der Waals surface area contributed by atoms with E-state index in [2.05, 4.69) is 12.1 Å². The van der Waals surface area contributed by atoms with Crippen LogP contribution < -0.4 is 4.74 Å². The standard InChI is InChI=1S/C17H22O3S/c1-15(2,14(18)20-4)16-9-17(10-16,11-16)21-13-7-5-12(19-3)6-8-13/h5-8H,9-11H2,1-4H3. The molecule has 3 saturated carbocycles. The van der Waals surface area contributed by atoms with Crippen LogP contribution in [0.5, 0.6) is 5.75 Å². The van der Waals surface area contributed by atoms with E-state index in [1.165, 1.54) is 12.0 Å². The second-order valence-corrected chi connectivity index (χ2v) is 8.43. The van der Waals surface area contributed by atoms with Gasteiger partial charge in [-0.2, -0.15) is 0 Å². The molecule has 0 radical (unpaired) electrons. The Morgan fingerprint density at radius 2 is 1.71 bits per heavy atom. The fraction of sp³-hybridized carbons (Fsp3) is 0.588. The van der Waals surface area contributed by atoms with Crippen molar-refractivity contribution >= 4 is 17.7 Å².